The molecule has 1 aromatic heterocycles. The summed E-state index contributed by atoms with van der Waals surface area (Å²) in [5.41, 5.74) is 5.73. The average Bonchev–Trinajstić information content (AvgIpc) is 3.35. The van der Waals surface area contributed by atoms with Crippen LogP contribution in [-0.2, 0) is 19.5 Å². The number of H-pyrrole nitrogens is 1. The molecule has 27 heavy (non-hydrogen) atoms. The molecule has 5 rings (SSSR count). The van der Waals surface area contributed by atoms with E-state index in [4.69, 9.17) is 14.2 Å². The lowest BCUT2D eigenvalue weighted by Gasteiger charge is -2.27. The van der Waals surface area contributed by atoms with Gasteiger partial charge in [0.1, 0.15) is 5.75 Å². The van der Waals surface area contributed by atoms with Gasteiger partial charge in [0.05, 0.1) is 12.8 Å². The van der Waals surface area contributed by atoms with Gasteiger partial charge in [-0.3, -0.25) is 10.00 Å². The average molecular weight is 363 g/mol. The molecule has 0 fully saturated rings. The Labute approximate surface area is 157 Å². The molecule has 0 saturated heterocycles. The zero-order valence-electron chi connectivity index (χ0n) is 15.2. The van der Waals surface area contributed by atoms with Gasteiger partial charge in [0.25, 0.3) is 0 Å². The van der Waals surface area contributed by atoms with Crippen molar-refractivity contribution >= 4 is 0 Å². The molecule has 0 spiro atoms. The van der Waals surface area contributed by atoms with Gasteiger partial charge in [-0.1, -0.05) is 24.3 Å². The van der Waals surface area contributed by atoms with E-state index < -0.39 is 0 Å². The van der Waals surface area contributed by atoms with Gasteiger partial charge in [-0.05, 0) is 18.2 Å². The molecule has 0 radical (unpaired) electrons. The Morgan fingerprint density at radius 1 is 1.19 bits per heavy atom. The fourth-order valence-corrected chi connectivity index (χ4v) is 3.85. The van der Waals surface area contributed by atoms with E-state index in [0.29, 0.717) is 6.79 Å². The smallest absolute Gasteiger partial charge is 0.231 e. The Hall–Kier alpha value is -2.99. The van der Waals surface area contributed by atoms with Gasteiger partial charge >= 0.3 is 0 Å². The van der Waals surface area contributed by atoms with Crippen molar-refractivity contribution < 1.29 is 14.2 Å². The fourth-order valence-electron chi connectivity index (χ4n) is 3.85. The Balaban J connectivity index is 1.41. The van der Waals surface area contributed by atoms with Crippen molar-refractivity contribution in [1.29, 1.82) is 0 Å². The van der Waals surface area contributed by atoms with Crippen LogP contribution in [0.1, 0.15) is 16.8 Å². The maximum absolute atomic E-state index is 5.66. The standard InChI is InChI=1S/C21H21N3O3/c1-25-16-6-2-4-14(10-16)20-17-12-24(9-8-18(17)22-23-20)11-15-5-3-7-19-21(15)27-13-26-19/h2-7,10H,8-9,11-13H2,1H3,(H,22,23). The summed E-state index contributed by atoms with van der Waals surface area (Å²) >= 11 is 0. The Kier molecular flexibility index (Phi) is 3.98. The summed E-state index contributed by atoms with van der Waals surface area (Å²) in [6.45, 7) is 2.97. The van der Waals surface area contributed by atoms with Crippen LogP contribution in [0.2, 0.25) is 0 Å². The van der Waals surface area contributed by atoms with Crippen LogP contribution in [0.3, 0.4) is 0 Å². The fraction of sp³-hybridized carbons (Fsp3) is 0.286. The second-order valence-electron chi connectivity index (χ2n) is 6.87. The molecule has 3 aromatic rings. The van der Waals surface area contributed by atoms with E-state index >= 15 is 0 Å². The first-order valence-electron chi connectivity index (χ1n) is 9.12. The number of rotatable bonds is 4. The third-order valence-electron chi connectivity index (χ3n) is 5.23. The van der Waals surface area contributed by atoms with Crippen molar-refractivity contribution in [1.82, 2.24) is 15.1 Å². The number of para-hydroxylation sites is 1. The first kappa shape index (κ1) is 16.2. The van der Waals surface area contributed by atoms with Gasteiger partial charge in [0, 0.05) is 48.4 Å². The minimum atomic E-state index is 0.304. The van der Waals surface area contributed by atoms with Crippen LogP contribution < -0.4 is 14.2 Å². The summed E-state index contributed by atoms with van der Waals surface area (Å²) in [4.78, 5) is 2.43. The van der Waals surface area contributed by atoms with E-state index in [-0.39, 0.29) is 0 Å². The molecule has 2 aliphatic heterocycles. The molecule has 0 aliphatic carbocycles. The molecule has 6 nitrogen and oxygen atoms in total. The van der Waals surface area contributed by atoms with E-state index in [1.54, 1.807) is 7.11 Å². The number of hydrogen-bond acceptors (Lipinski definition) is 5. The van der Waals surface area contributed by atoms with Gasteiger partial charge in [-0.25, -0.2) is 0 Å². The van der Waals surface area contributed by atoms with Crippen molar-refractivity contribution in [2.45, 2.75) is 19.5 Å². The van der Waals surface area contributed by atoms with Crippen LogP contribution in [0.5, 0.6) is 17.2 Å². The van der Waals surface area contributed by atoms with Crippen molar-refractivity contribution in [3.63, 3.8) is 0 Å². The first-order valence-corrected chi connectivity index (χ1v) is 9.12. The quantitative estimate of drug-likeness (QED) is 0.770. The van der Waals surface area contributed by atoms with E-state index in [0.717, 1.165) is 54.6 Å². The number of fused-ring (bicyclic) bond motifs is 2. The highest BCUT2D eigenvalue weighted by Crippen LogP contribution is 2.37. The predicted octanol–water partition coefficient (Wildman–Crippen LogP) is 3.37. The maximum Gasteiger partial charge on any atom is 0.231 e. The molecular formula is C21H21N3O3. The first-order chi connectivity index (χ1) is 13.3. The van der Waals surface area contributed by atoms with Gasteiger partial charge in [0.15, 0.2) is 11.5 Å². The third kappa shape index (κ3) is 2.92. The Morgan fingerprint density at radius 2 is 2.11 bits per heavy atom. The molecule has 0 bridgehead atoms. The van der Waals surface area contributed by atoms with E-state index in [1.807, 2.05) is 30.3 Å². The number of benzene rings is 2. The summed E-state index contributed by atoms with van der Waals surface area (Å²) in [5, 5.41) is 7.82. The zero-order chi connectivity index (χ0) is 18.2. The van der Waals surface area contributed by atoms with Gasteiger partial charge in [-0.2, -0.15) is 5.10 Å². The molecule has 3 heterocycles. The SMILES string of the molecule is COc1cccc(-c2n[nH]c3c2CN(Cc2cccc4c2OCO4)CC3)c1. The van der Waals surface area contributed by atoms with Crippen LogP contribution in [-0.4, -0.2) is 35.5 Å². The molecule has 138 valence electrons. The summed E-state index contributed by atoms with van der Waals surface area (Å²) in [7, 11) is 1.69. The number of aromatic nitrogens is 2. The zero-order valence-corrected chi connectivity index (χ0v) is 15.2. The molecule has 2 aliphatic rings. The number of hydrogen-bond donors (Lipinski definition) is 1. The second kappa shape index (κ2) is 6.63. The molecule has 0 saturated carbocycles. The predicted molar refractivity (Wildman–Crippen MR) is 101 cm³/mol. The normalized spacial score (nSPS) is 15.6. The monoisotopic (exact) mass is 363 g/mol. The topological polar surface area (TPSA) is 59.6 Å². The minimum Gasteiger partial charge on any atom is -0.497 e. The van der Waals surface area contributed by atoms with Crippen LogP contribution in [0.4, 0.5) is 0 Å². The summed E-state index contributed by atoms with van der Waals surface area (Å²) < 4.78 is 16.5. The number of aromatic amines is 1. The summed E-state index contributed by atoms with van der Waals surface area (Å²) in [6.07, 6.45) is 0.957. The van der Waals surface area contributed by atoms with Gasteiger partial charge in [-0.15, -0.1) is 0 Å². The van der Waals surface area contributed by atoms with Gasteiger partial charge < -0.3 is 14.2 Å². The largest absolute Gasteiger partial charge is 0.497 e. The van der Waals surface area contributed by atoms with E-state index in [2.05, 4.69) is 27.2 Å². The van der Waals surface area contributed by atoms with Crippen molar-refractivity contribution in [3.8, 4) is 28.5 Å². The van der Waals surface area contributed by atoms with Crippen LogP contribution in [0, 0.1) is 0 Å². The molecule has 0 amide bonds. The molecule has 0 unspecified atom stereocenters. The number of ether oxygens (including phenoxy) is 3. The summed E-state index contributed by atoms with van der Waals surface area (Å²) in [5.74, 6) is 2.56. The third-order valence-corrected chi connectivity index (χ3v) is 5.23. The Bertz CT molecular complexity index is 983. The lowest BCUT2D eigenvalue weighted by Crippen LogP contribution is -2.30. The second-order valence-corrected chi connectivity index (χ2v) is 6.87. The highest BCUT2D eigenvalue weighted by atomic mass is 16.7. The minimum absolute atomic E-state index is 0.304. The highest BCUT2D eigenvalue weighted by molar-refractivity contribution is 5.66. The van der Waals surface area contributed by atoms with Crippen molar-refractivity contribution in [2.75, 3.05) is 20.4 Å². The highest BCUT2D eigenvalue weighted by Gasteiger charge is 2.25. The van der Waals surface area contributed by atoms with Crippen LogP contribution in [0.15, 0.2) is 42.5 Å². The molecule has 0 atom stereocenters. The lowest BCUT2D eigenvalue weighted by atomic mass is 10.0. The number of nitrogens with one attached hydrogen (secondary N) is 1. The van der Waals surface area contributed by atoms with Gasteiger partial charge in [0.2, 0.25) is 6.79 Å². The Morgan fingerprint density at radius 3 is 3.04 bits per heavy atom. The number of nitrogens with zero attached hydrogens (tertiary/aromatic N) is 2. The molecular weight excluding hydrogens is 342 g/mol. The lowest BCUT2D eigenvalue weighted by molar-refractivity contribution is 0.171. The van der Waals surface area contributed by atoms with Crippen LogP contribution in [0.25, 0.3) is 11.3 Å². The van der Waals surface area contributed by atoms with Crippen molar-refractivity contribution in [3.05, 3.63) is 59.3 Å². The van der Waals surface area contributed by atoms with E-state index in [1.165, 1.54) is 16.8 Å². The van der Waals surface area contributed by atoms with Crippen molar-refractivity contribution in [2.24, 2.45) is 0 Å². The van der Waals surface area contributed by atoms with Crippen LogP contribution >= 0.6 is 0 Å². The number of methoxy groups -OCH3 is 1. The molecule has 2 aromatic carbocycles. The molecule has 1 N–H and O–H groups in total. The summed E-state index contributed by atoms with van der Waals surface area (Å²) in [6, 6.07) is 14.2. The maximum atomic E-state index is 5.66. The molecule has 6 heteroatoms. The van der Waals surface area contributed by atoms with E-state index in [9.17, 15) is 0 Å².